The van der Waals surface area contributed by atoms with Gasteiger partial charge in [-0.2, -0.15) is 15.3 Å². The van der Waals surface area contributed by atoms with Gasteiger partial charge in [-0.15, -0.1) is 11.6 Å². The molecule has 5 aromatic rings. The van der Waals surface area contributed by atoms with Gasteiger partial charge < -0.3 is 9.13 Å². The molecule has 2 aliphatic heterocycles. The molecule has 308 valence electrons. The molecule has 0 N–H and O–H groups in total. The zero-order valence-corrected chi connectivity index (χ0v) is 36.5. The summed E-state index contributed by atoms with van der Waals surface area (Å²) in [4.78, 5) is 13.9. The van der Waals surface area contributed by atoms with Gasteiger partial charge in [0.25, 0.3) is 0 Å². The number of nitrogens with zero attached hydrogens (tertiary/aromatic N) is 9. The summed E-state index contributed by atoms with van der Waals surface area (Å²) in [6, 6.07) is 16.5. The zero-order chi connectivity index (χ0) is 40.4. The highest BCUT2D eigenvalue weighted by Crippen LogP contribution is 2.73. The van der Waals surface area contributed by atoms with Crippen LogP contribution in [0.5, 0.6) is 0 Å². The maximum atomic E-state index is 6.27. The standard InChI is InChI=1S/C24H28Cl2N4.C23H26ClN5/c1-17-12-30(16-27-17)24-13-23(14-24,15-24)11-20-10-22(29-28-20)21(7-2-3-8-25)18-5-4-6-19(26)9-18;1-16-11-28(15-25-16)23-12-22(13-23,14-23)10-20-26-21-19(7-2-3-8-29(21)27-20)17-5-4-6-18(24)9-17/h4-6,9,12,16,21H,2-3,7-8,10-11,13-15H2,1H3;4-6,9,11,15,19H,2-3,7-8,10,12-14H2,1H3. The summed E-state index contributed by atoms with van der Waals surface area (Å²) < 4.78 is 6.86. The molecule has 0 spiro atoms. The predicted octanol–water partition coefficient (Wildman–Crippen LogP) is 11.4. The molecule has 6 fully saturated rings. The molecule has 9 nitrogen and oxygen atoms in total. The molecule has 3 aromatic heterocycles. The molecule has 4 bridgehead atoms. The van der Waals surface area contributed by atoms with Crippen LogP contribution in [0.1, 0.15) is 136 Å². The number of hydrogen-bond acceptors (Lipinski definition) is 6. The first kappa shape index (κ1) is 39.4. The van der Waals surface area contributed by atoms with E-state index in [0.29, 0.717) is 33.7 Å². The average Bonchev–Trinajstić information content (AvgIpc) is 3.96. The second-order valence-electron chi connectivity index (χ2n) is 19.1. The van der Waals surface area contributed by atoms with Crippen molar-refractivity contribution in [1.82, 2.24) is 33.9 Å². The van der Waals surface area contributed by atoms with E-state index in [-0.39, 0.29) is 5.92 Å². The Hall–Kier alpha value is -3.79. The van der Waals surface area contributed by atoms with Crippen molar-refractivity contribution in [2.75, 3.05) is 5.88 Å². The lowest BCUT2D eigenvalue weighted by molar-refractivity contribution is -0.187. The Kier molecular flexibility index (Phi) is 10.2. The SMILES string of the molecule is Cc1cn(C23CC(CC4=NN=C(C(CCCCCl)c5cccc(Cl)c5)C4)(C2)C3)cn1.Cc1cn(C23CC(Cc4nc5n(n4)CCCCC5c4cccc(Cl)c4)(C2)C3)cn1. The molecule has 0 saturated heterocycles. The molecule has 13 rings (SSSR count). The normalized spacial score (nSPS) is 29.0. The van der Waals surface area contributed by atoms with E-state index in [0.717, 1.165) is 84.6 Å². The van der Waals surface area contributed by atoms with E-state index in [1.165, 1.54) is 73.9 Å². The fourth-order valence-corrected chi connectivity index (χ4v) is 12.6. The molecule has 6 saturated carbocycles. The largest absolute Gasteiger partial charge is 0.331 e. The van der Waals surface area contributed by atoms with E-state index in [4.69, 9.17) is 44.9 Å². The summed E-state index contributed by atoms with van der Waals surface area (Å²) in [6.07, 6.45) is 25.5. The maximum Gasteiger partial charge on any atom is 0.151 e. The quantitative estimate of drug-likeness (QED) is 0.0871. The fourth-order valence-electron chi connectivity index (χ4n) is 12.0. The minimum absolute atomic E-state index is 0.279. The molecular formula is C47H54Cl3N9. The Balaban J connectivity index is 0.000000143. The molecule has 5 heterocycles. The van der Waals surface area contributed by atoms with Gasteiger partial charge in [0, 0.05) is 76.3 Å². The van der Waals surface area contributed by atoms with Crippen LogP contribution >= 0.6 is 34.8 Å². The molecule has 0 radical (unpaired) electrons. The van der Waals surface area contributed by atoms with Gasteiger partial charge in [-0.1, -0.05) is 60.3 Å². The number of aromatic nitrogens is 7. The van der Waals surface area contributed by atoms with Gasteiger partial charge in [0.15, 0.2) is 5.82 Å². The molecule has 0 amide bonds. The third kappa shape index (κ3) is 7.41. The van der Waals surface area contributed by atoms with Crippen molar-refractivity contribution in [3.8, 4) is 0 Å². The van der Waals surface area contributed by atoms with E-state index in [9.17, 15) is 0 Å². The van der Waals surface area contributed by atoms with Crippen LogP contribution < -0.4 is 0 Å². The Morgan fingerprint density at radius 3 is 2.07 bits per heavy atom. The summed E-state index contributed by atoms with van der Waals surface area (Å²) in [5.74, 6) is 3.44. The van der Waals surface area contributed by atoms with Gasteiger partial charge in [-0.25, -0.2) is 19.6 Å². The van der Waals surface area contributed by atoms with Crippen LogP contribution in [0.3, 0.4) is 0 Å². The molecule has 59 heavy (non-hydrogen) atoms. The number of fused-ring (bicyclic) bond motifs is 1. The van der Waals surface area contributed by atoms with Gasteiger partial charge in [-0.05, 0) is 131 Å². The van der Waals surface area contributed by atoms with Crippen LogP contribution in [0.15, 0.2) is 83.8 Å². The van der Waals surface area contributed by atoms with Crippen LogP contribution in [-0.2, 0) is 24.0 Å². The van der Waals surface area contributed by atoms with Crippen molar-refractivity contribution < 1.29 is 0 Å². The van der Waals surface area contributed by atoms with Crippen molar-refractivity contribution in [1.29, 1.82) is 0 Å². The summed E-state index contributed by atoms with van der Waals surface area (Å²) in [7, 11) is 0. The smallest absolute Gasteiger partial charge is 0.151 e. The van der Waals surface area contributed by atoms with Gasteiger partial charge in [0.1, 0.15) is 5.82 Å². The van der Waals surface area contributed by atoms with Gasteiger partial charge in [-0.3, -0.25) is 0 Å². The Labute approximate surface area is 362 Å². The van der Waals surface area contributed by atoms with Crippen LogP contribution in [-0.4, -0.2) is 51.2 Å². The van der Waals surface area contributed by atoms with Crippen LogP contribution in [0, 0.1) is 24.7 Å². The number of unbranched alkanes of at least 4 members (excludes halogenated alkanes) is 1. The van der Waals surface area contributed by atoms with Gasteiger partial charge in [0.05, 0.1) is 29.8 Å². The number of hydrogen-bond donors (Lipinski definition) is 0. The predicted molar refractivity (Wildman–Crippen MR) is 236 cm³/mol. The van der Waals surface area contributed by atoms with Crippen molar-refractivity contribution in [2.45, 2.75) is 140 Å². The zero-order valence-electron chi connectivity index (χ0n) is 34.3. The Bertz CT molecular complexity index is 2380. The molecule has 6 aliphatic carbocycles. The van der Waals surface area contributed by atoms with Crippen molar-refractivity contribution in [3.05, 3.63) is 118 Å². The first-order valence-corrected chi connectivity index (χ1v) is 23.0. The third-order valence-corrected chi connectivity index (χ3v) is 15.2. The van der Waals surface area contributed by atoms with Gasteiger partial charge in [0.2, 0.25) is 0 Å². The number of rotatable bonds is 13. The average molecular weight is 851 g/mol. The summed E-state index contributed by atoms with van der Waals surface area (Å²) in [5.41, 5.74) is 8.65. The van der Waals surface area contributed by atoms with Crippen LogP contribution in [0.2, 0.25) is 10.0 Å². The number of benzene rings is 2. The second kappa shape index (κ2) is 15.3. The molecular weight excluding hydrogens is 797 g/mol. The minimum atomic E-state index is 0.279. The van der Waals surface area contributed by atoms with E-state index in [2.05, 4.69) is 84.5 Å². The van der Waals surface area contributed by atoms with Crippen LogP contribution in [0.25, 0.3) is 0 Å². The van der Waals surface area contributed by atoms with E-state index >= 15 is 0 Å². The second-order valence-corrected chi connectivity index (χ2v) is 20.4. The van der Waals surface area contributed by atoms with Crippen molar-refractivity contribution >= 4 is 46.2 Å². The fraction of sp³-hybridized carbons (Fsp3) is 0.532. The van der Waals surface area contributed by atoms with Crippen LogP contribution in [0.4, 0.5) is 0 Å². The first-order chi connectivity index (χ1) is 28.5. The number of halogens is 3. The first-order valence-electron chi connectivity index (χ1n) is 21.7. The topological polar surface area (TPSA) is 91.1 Å². The monoisotopic (exact) mass is 849 g/mol. The summed E-state index contributed by atoms with van der Waals surface area (Å²) in [5, 5.41) is 15.8. The number of imidazole rings is 2. The minimum Gasteiger partial charge on any atom is -0.331 e. The molecule has 2 unspecified atom stereocenters. The summed E-state index contributed by atoms with van der Waals surface area (Å²) >= 11 is 18.5. The lowest BCUT2D eigenvalue weighted by Gasteiger charge is -2.71. The Morgan fingerprint density at radius 1 is 0.780 bits per heavy atom. The van der Waals surface area contributed by atoms with E-state index in [1.807, 2.05) is 36.9 Å². The summed E-state index contributed by atoms with van der Waals surface area (Å²) in [6.45, 7) is 5.11. The van der Waals surface area contributed by atoms with Crippen molar-refractivity contribution in [3.63, 3.8) is 0 Å². The lowest BCUT2D eigenvalue weighted by Crippen LogP contribution is -2.68. The number of alkyl halides is 1. The molecule has 2 aromatic carbocycles. The Morgan fingerprint density at radius 2 is 1.44 bits per heavy atom. The molecule has 2 atom stereocenters. The lowest BCUT2D eigenvalue weighted by atomic mass is 9.38. The molecule has 12 heteroatoms. The van der Waals surface area contributed by atoms with E-state index in [1.54, 1.807) is 0 Å². The van der Waals surface area contributed by atoms with Gasteiger partial charge >= 0.3 is 0 Å². The third-order valence-electron chi connectivity index (χ3n) is 14.5. The highest BCUT2D eigenvalue weighted by molar-refractivity contribution is 6.31. The maximum absolute atomic E-state index is 6.27. The highest BCUT2D eigenvalue weighted by atomic mass is 35.5. The highest BCUT2D eigenvalue weighted by Gasteiger charge is 2.69. The van der Waals surface area contributed by atoms with E-state index < -0.39 is 0 Å². The van der Waals surface area contributed by atoms with Crippen molar-refractivity contribution in [2.24, 2.45) is 21.0 Å². The molecule has 8 aliphatic rings. The number of aryl methyl sites for hydroxylation is 3.